The Hall–Kier alpha value is -1.26. The van der Waals surface area contributed by atoms with Crippen LogP contribution < -0.4 is 0 Å². The topological polar surface area (TPSA) is 78.3 Å². The van der Waals surface area contributed by atoms with Gasteiger partial charge in [0, 0.05) is 11.5 Å². The minimum absolute atomic E-state index is 0.107. The third kappa shape index (κ3) is 2.84. The second-order valence-electron chi connectivity index (χ2n) is 3.45. The van der Waals surface area contributed by atoms with Gasteiger partial charge in [0.2, 0.25) is 0 Å². The summed E-state index contributed by atoms with van der Waals surface area (Å²) in [5.74, 6) is -0.213. The lowest BCUT2D eigenvalue weighted by molar-refractivity contribution is -0.148. The van der Waals surface area contributed by atoms with E-state index < -0.39 is 0 Å². The van der Waals surface area contributed by atoms with E-state index in [-0.39, 0.29) is 18.1 Å². The normalized spacial score (nSPS) is 26.0. The van der Waals surface area contributed by atoms with Crippen molar-refractivity contribution in [3.05, 3.63) is 10.4 Å². The van der Waals surface area contributed by atoms with Gasteiger partial charge in [0.25, 0.3) is 0 Å². The Bertz CT molecular complexity index is 275. The molecular formula is C9H16N4O2. The Kier molecular flexibility index (Phi) is 4.39. The second kappa shape index (κ2) is 5.58. The van der Waals surface area contributed by atoms with Crippen LogP contribution in [0.25, 0.3) is 10.4 Å². The van der Waals surface area contributed by atoms with Crippen molar-refractivity contribution in [3.8, 4) is 0 Å². The highest BCUT2D eigenvalue weighted by Crippen LogP contribution is 2.21. The number of nitrogens with zero attached hydrogens (tertiary/aromatic N) is 4. The van der Waals surface area contributed by atoms with E-state index >= 15 is 0 Å². The maximum absolute atomic E-state index is 11.6. The van der Waals surface area contributed by atoms with Crippen LogP contribution >= 0.6 is 0 Å². The smallest absolute Gasteiger partial charge is 0.323 e. The van der Waals surface area contributed by atoms with Crippen molar-refractivity contribution in [1.82, 2.24) is 4.90 Å². The summed E-state index contributed by atoms with van der Waals surface area (Å²) in [6.45, 7) is 5.56. The van der Waals surface area contributed by atoms with Gasteiger partial charge in [-0.05, 0) is 25.4 Å². The van der Waals surface area contributed by atoms with Gasteiger partial charge in [-0.1, -0.05) is 12.0 Å². The van der Waals surface area contributed by atoms with Crippen molar-refractivity contribution in [2.24, 2.45) is 5.11 Å². The van der Waals surface area contributed by atoms with Crippen molar-refractivity contribution in [2.45, 2.75) is 32.4 Å². The SMILES string of the molecule is CCOC(=O)[C@@H]1C[C@H](N=[N+]=[N-])CN1CC. The molecule has 2 atom stereocenters. The Balaban J connectivity index is 2.63. The first-order valence-corrected chi connectivity index (χ1v) is 5.17. The number of esters is 1. The number of carbonyl (C=O) groups excluding carboxylic acids is 1. The van der Waals surface area contributed by atoms with Gasteiger partial charge in [0.15, 0.2) is 0 Å². The monoisotopic (exact) mass is 212 g/mol. The van der Waals surface area contributed by atoms with Gasteiger partial charge in [-0.3, -0.25) is 9.69 Å². The van der Waals surface area contributed by atoms with Crippen molar-refractivity contribution in [1.29, 1.82) is 0 Å². The molecular weight excluding hydrogens is 196 g/mol. The molecule has 15 heavy (non-hydrogen) atoms. The summed E-state index contributed by atoms with van der Waals surface area (Å²) >= 11 is 0. The number of carbonyl (C=O) groups is 1. The molecule has 6 nitrogen and oxygen atoms in total. The van der Waals surface area contributed by atoms with E-state index in [1.54, 1.807) is 6.92 Å². The van der Waals surface area contributed by atoms with Crippen LogP contribution in [0.4, 0.5) is 0 Å². The van der Waals surface area contributed by atoms with Crippen LogP contribution in [0, 0.1) is 0 Å². The van der Waals surface area contributed by atoms with E-state index in [4.69, 9.17) is 10.3 Å². The molecule has 0 bridgehead atoms. The molecule has 0 radical (unpaired) electrons. The Morgan fingerprint density at radius 2 is 2.40 bits per heavy atom. The average molecular weight is 212 g/mol. The van der Waals surface area contributed by atoms with Crippen LogP contribution in [0.3, 0.4) is 0 Å². The molecule has 84 valence electrons. The van der Waals surface area contributed by atoms with Crippen LogP contribution in [0.2, 0.25) is 0 Å². The minimum atomic E-state index is -0.245. The lowest BCUT2D eigenvalue weighted by atomic mass is 10.2. The molecule has 0 N–H and O–H groups in total. The molecule has 0 saturated carbocycles. The van der Waals surface area contributed by atoms with Crippen LogP contribution in [-0.4, -0.2) is 42.6 Å². The highest BCUT2D eigenvalue weighted by atomic mass is 16.5. The van der Waals surface area contributed by atoms with E-state index in [9.17, 15) is 4.79 Å². The molecule has 1 heterocycles. The Morgan fingerprint density at radius 1 is 1.67 bits per heavy atom. The molecule has 0 spiro atoms. The number of azide groups is 1. The Morgan fingerprint density at radius 3 is 2.93 bits per heavy atom. The minimum Gasteiger partial charge on any atom is -0.465 e. The van der Waals surface area contributed by atoms with Crippen LogP contribution in [0.1, 0.15) is 20.3 Å². The number of likely N-dealkylation sites (tertiary alicyclic amines) is 1. The highest BCUT2D eigenvalue weighted by Gasteiger charge is 2.36. The van der Waals surface area contributed by atoms with Gasteiger partial charge in [-0.25, -0.2) is 0 Å². The first-order valence-electron chi connectivity index (χ1n) is 5.17. The zero-order valence-electron chi connectivity index (χ0n) is 9.09. The standard InChI is InChI=1S/C9H16N4O2/c1-3-13-6-7(11-12-10)5-8(13)9(14)15-4-2/h7-8H,3-6H2,1-2H3/t7-,8-/m0/s1. The predicted octanol–water partition coefficient (Wildman–Crippen LogP) is 1.32. The molecule has 0 aliphatic carbocycles. The molecule has 1 aliphatic heterocycles. The first kappa shape index (κ1) is 11.8. The fourth-order valence-corrected chi connectivity index (χ4v) is 1.87. The molecule has 0 aromatic rings. The molecule has 1 rings (SSSR count). The van der Waals surface area contributed by atoms with Gasteiger partial charge in [-0.15, -0.1) is 0 Å². The zero-order chi connectivity index (χ0) is 11.3. The summed E-state index contributed by atoms with van der Waals surface area (Å²) in [5.41, 5.74) is 8.34. The summed E-state index contributed by atoms with van der Waals surface area (Å²) in [7, 11) is 0. The highest BCUT2D eigenvalue weighted by molar-refractivity contribution is 5.76. The van der Waals surface area contributed by atoms with Gasteiger partial charge in [0.05, 0.1) is 12.6 Å². The molecule has 0 aromatic heterocycles. The quantitative estimate of drug-likeness (QED) is 0.305. The van der Waals surface area contributed by atoms with Crippen molar-refractivity contribution < 1.29 is 9.53 Å². The number of hydrogen-bond donors (Lipinski definition) is 0. The molecule has 1 fully saturated rings. The number of rotatable bonds is 4. The fourth-order valence-electron chi connectivity index (χ4n) is 1.87. The van der Waals surface area contributed by atoms with Crippen LogP contribution in [0.15, 0.2) is 5.11 Å². The summed E-state index contributed by atoms with van der Waals surface area (Å²) in [6.07, 6.45) is 0.566. The maximum Gasteiger partial charge on any atom is 0.323 e. The summed E-state index contributed by atoms with van der Waals surface area (Å²) in [5, 5.41) is 3.65. The number of hydrogen-bond acceptors (Lipinski definition) is 4. The molecule has 1 saturated heterocycles. The van der Waals surface area contributed by atoms with Gasteiger partial charge < -0.3 is 4.74 Å². The summed E-state index contributed by atoms with van der Waals surface area (Å²) < 4.78 is 4.97. The second-order valence-corrected chi connectivity index (χ2v) is 3.45. The van der Waals surface area contributed by atoms with Gasteiger partial charge in [-0.2, -0.15) is 0 Å². The first-order chi connectivity index (χ1) is 7.22. The van der Waals surface area contributed by atoms with Crippen molar-refractivity contribution >= 4 is 5.97 Å². The zero-order valence-corrected chi connectivity index (χ0v) is 9.09. The summed E-state index contributed by atoms with van der Waals surface area (Å²) in [4.78, 5) is 16.3. The van der Waals surface area contributed by atoms with Crippen molar-refractivity contribution in [2.75, 3.05) is 19.7 Å². The van der Waals surface area contributed by atoms with E-state index in [2.05, 4.69) is 10.0 Å². The molecule has 0 amide bonds. The van der Waals surface area contributed by atoms with E-state index in [1.807, 2.05) is 11.8 Å². The molecule has 6 heteroatoms. The molecule has 1 aliphatic rings. The molecule has 0 unspecified atom stereocenters. The van der Waals surface area contributed by atoms with E-state index in [0.29, 0.717) is 19.6 Å². The van der Waals surface area contributed by atoms with Crippen LogP contribution in [0.5, 0.6) is 0 Å². The largest absolute Gasteiger partial charge is 0.465 e. The average Bonchev–Trinajstić information content (AvgIpc) is 2.62. The number of ether oxygens (including phenoxy) is 1. The molecule has 0 aromatic carbocycles. The number of likely N-dealkylation sites (N-methyl/N-ethyl adjacent to an activating group) is 1. The fraction of sp³-hybridized carbons (Fsp3) is 0.889. The Labute approximate surface area is 88.8 Å². The predicted molar refractivity (Wildman–Crippen MR) is 55.2 cm³/mol. The van der Waals surface area contributed by atoms with E-state index in [1.165, 1.54) is 0 Å². The third-order valence-corrected chi connectivity index (χ3v) is 2.56. The van der Waals surface area contributed by atoms with Gasteiger partial charge in [0.1, 0.15) is 6.04 Å². The third-order valence-electron chi connectivity index (χ3n) is 2.56. The van der Waals surface area contributed by atoms with Crippen LogP contribution in [-0.2, 0) is 9.53 Å². The maximum atomic E-state index is 11.6. The lowest BCUT2D eigenvalue weighted by Gasteiger charge is -2.20. The lowest BCUT2D eigenvalue weighted by Crippen LogP contribution is -2.37. The van der Waals surface area contributed by atoms with E-state index in [0.717, 1.165) is 6.54 Å². The van der Waals surface area contributed by atoms with Crippen molar-refractivity contribution in [3.63, 3.8) is 0 Å². The summed E-state index contributed by atoms with van der Waals surface area (Å²) in [6, 6.07) is -0.352. The van der Waals surface area contributed by atoms with Gasteiger partial charge >= 0.3 is 5.97 Å².